The molecule has 0 aromatic heterocycles. The highest BCUT2D eigenvalue weighted by molar-refractivity contribution is 6.34. The third-order valence-corrected chi connectivity index (χ3v) is 5.12. The van der Waals surface area contributed by atoms with Crippen LogP contribution in [0.3, 0.4) is 0 Å². The predicted octanol–water partition coefficient (Wildman–Crippen LogP) is 3.71. The average molecular weight is 395 g/mol. The molecule has 1 fully saturated rings. The summed E-state index contributed by atoms with van der Waals surface area (Å²) in [4.78, 5) is 26.7. The minimum absolute atomic E-state index is 0.00604. The number of nitrogens with zero attached hydrogens (tertiary/aromatic N) is 1. The number of nitrogens with one attached hydrogen (secondary N) is 1. The van der Waals surface area contributed by atoms with Crippen molar-refractivity contribution in [2.75, 3.05) is 19.7 Å². The zero-order valence-electron chi connectivity index (χ0n) is 16.4. The van der Waals surface area contributed by atoms with Crippen LogP contribution in [0, 0.1) is 6.92 Å². The summed E-state index contributed by atoms with van der Waals surface area (Å²) in [6.07, 6.45) is 1.76. The summed E-state index contributed by atoms with van der Waals surface area (Å²) in [6, 6.07) is 1.79. The van der Waals surface area contributed by atoms with Crippen LogP contribution >= 0.6 is 11.6 Å². The number of benzene rings is 1. The van der Waals surface area contributed by atoms with Crippen LogP contribution in [0.1, 0.15) is 55.1 Å². The Morgan fingerprint density at radius 1 is 1.30 bits per heavy atom. The molecule has 0 atom stereocenters. The van der Waals surface area contributed by atoms with E-state index >= 15 is 0 Å². The van der Waals surface area contributed by atoms with Gasteiger partial charge >= 0.3 is 6.09 Å². The number of hydrogen-bond acceptors (Lipinski definition) is 4. The molecule has 0 saturated carbocycles. The summed E-state index contributed by atoms with van der Waals surface area (Å²) >= 11 is 6.37. The van der Waals surface area contributed by atoms with Crippen LogP contribution in [0.15, 0.2) is 6.07 Å². The second-order valence-corrected chi connectivity index (χ2v) is 8.58. The fourth-order valence-corrected chi connectivity index (χ4v) is 3.92. The van der Waals surface area contributed by atoms with Crippen molar-refractivity contribution in [2.45, 2.75) is 58.6 Å². The average Bonchev–Trinajstić information content (AvgIpc) is 3.03. The lowest BCUT2D eigenvalue weighted by Gasteiger charge is -2.33. The molecule has 1 N–H and O–H groups in total. The van der Waals surface area contributed by atoms with Gasteiger partial charge in [0, 0.05) is 31.1 Å². The van der Waals surface area contributed by atoms with Gasteiger partial charge in [0.2, 0.25) is 0 Å². The van der Waals surface area contributed by atoms with Crippen molar-refractivity contribution < 1.29 is 19.1 Å². The van der Waals surface area contributed by atoms with Crippen molar-refractivity contribution >= 4 is 23.6 Å². The van der Waals surface area contributed by atoms with Gasteiger partial charge in [-0.1, -0.05) is 11.6 Å². The maximum Gasteiger partial charge on any atom is 0.410 e. The van der Waals surface area contributed by atoms with Gasteiger partial charge in [-0.15, -0.1) is 0 Å². The molecule has 0 aliphatic carbocycles. The molecular formula is C20H27ClN2O4. The topological polar surface area (TPSA) is 67.9 Å². The Balaban J connectivity index is 1.61. The number of likely N-dealkylation sites (tertiary alicyclic amines) is 1. The van der Waals surface area contributed by atoms with E-state index in [0.717, 1.165) is 16.9 Å². The van der Waals surface area contributed by atoms with E-state index in [9.17, 15) is 9.59 Å². The highest BCUT2D eigenvalue weighted by Crippen LogP contribution is 2.36. The molecule has 0 bridgehead atoms. The molecule has 2 aliphatic heterocycles. The Labute approximate surface area is 165 Å². The molecule has 27 heavy (non-hydrogen) atoms. The van der Waals surface area contributed by atoms with E-state index in [1.165, 1.54) is 0 Å². The first-order chi connectivity index (χ1) is 12.7. The van der Waals surface area contributed by atoms with Gasteiger partial charge in [-0.3, -0.25) is 4.79 Å². The van der Waals surface area contributed by atoms with Crippen LogP contribution in [0.5, 0.6) is 5.75 Å². The molecular weight excluding hydrogens is 368 g/mol. The van der Waals surface area contributed by atoms with E-state index < -0.39 is 5.60 Å². The molecule has 148 valence electrons. The van der Waals surface area contributed by atoms with Crippen LogP contribution in [-0.2, 0) is 11.2 Å². The van der Waals surface area contributed by atoms with E-state index in [1.54, 1.807) is 11.0 Å². The standard InChI is InChI=1S/C20H27ClN2O4/c1-12-11-15(21)16(14-7-10-26-17(12)14)18(24)22-13-5-8-23(9-6-13)19(25)27-20(2,3)4/h11,13H,5-10H2,1-4H3,(H,22,24). The summed E-state index contributed by atoms with van der Waals surface area (Å²) in [5.41, 5.74) is 1.86. The van der Waals surface area contributed by atoms with E-state index in [-0.39, 0.29) is 18.0 Å². The Hall–Kier alpha value is -1.95. The molecule has 1 saturated heterocycles. The minimum Gasteiger partial charge on any atom is -0.493 e. The first-order valence-corrected chi connectivity index (χ1v) is 9.77. The monoisotopic (exact) mass is 394 g/mol. The summed E-state index contributed by atoms with van der Waals surface area (Å²) in [7, 11) is 0. The maximum atomic E-state index is 12.9. The van der Waals surface area contributed by atoms with Gasteiger partial charge in [0.25, 0.3) is 5.91 Å². The molecule has 0 radical (unpaired) electrons. The molecule has 7 heteroatoms. The van der Waals surface area contributed by atoms with Crippen molar-refractivity contribution in [3.8, 4) is 5.75 Å². The molecule has 2 heterocycles. The smallest absolute Gasteiger partial charge is 0.410 e. The number of ether oxygens (including phenoxy) is 2. The summed E-state index contributed by atoms with van der Waals surface area (Å²) < 4.78 is 11.1. The first kappa shape index (κ1) is 19.8. The Bertz CT molecular complexity index is 749. The number of aryl methyl sites for hydroxylation is 1. The van der Waals surface area contributed by atoms with Crippen LogP contribution in [-0.4, -0.2) is 48.2 Å². The molecule has 1 aromatic rings. The van der Waals surface area contributed by atoms with Gasteiger partial charge in [-0.05, 0) is 52.2 Å². The fraction of sp³-hybridized carbons (Fsp3) is 0.600. The van der Waals surface area contributed by atoms with Crippen LogP contribution in [0.2, 0.25) is 5.02 Å². The largest absolute Gasteiger partial charge is 0.493 e. The highest BCUT2D eigenvalue weighted by Gasteiger charge is 2.30. The Kier molecular flexibility index (Phi) is 5.56. The lowest BCUT2D eigenvalue weighted by Crippen LogP contribution is -2.47. The molecule has 0 unspecified atom stereocenters. The molecule has 6 nitrogen and oxygen atoms in total. The third-order valence-electron chi connectivity index (χ3n) is 4.82. The van der Waals surface area contributed by atoms with Crippen LogP contribution in [0.4, 0.5) is 4.79 Å². The lowest BCUT2D eigenvalue weighted by molar-refractivity contribution is 0.0199. The zero-order valence-corrected chi connectivity index (χ0v) is 17.1. The lowest BCUT2D eigenvalue weighted by atomic mass is 9.99. The normalized spacial score (nSPS) is 17.3. The van der Waals surface area contributed by atoms with Crippen LogP contribution in [0.25, 0.3) is 0 Å². The van der Waals surface area contributed by atoms with Gasteiger partial charge in [0.05, 0.1) is 17.2 Å². The highest BCUT2D eigenvalue weighted by atomic mass is 35.5. The maximum absolute atomic E-state index is 12.9. The van der Waals surface area contributed by atoms with Gasteiger partial charge in [0.15, 0.2) is 0 Å². The predicted molar refractivity (Wildman–Crippen MR) is 104 cm³/mol. The minimum atomic E-state index is -0.507. The number of halogens is 1. The Morgan fingerprint density at radius 3 is 2.59 bits per heavy atom. The number of fused-ring (bicyclic) bond motifs is 1. The van der Waals surface area contributed by atoms with Gasteiger partial charge < -0.3 is 19.7 Å². The van der Waals surface area contributed by atoms with E-state index in [0.29, 0.717) is 49.5 Å². The second-order valence-electron chi connectivity index (χ2n) is 8.17. The summed E-state index contributed by atoms with van der Waals surface area (Å²) in [5, 5.41) is 3.53. The fourth-order valence-electron chi connectivity index (χ4n) is 3.55. The summed E-state index contributed by atoms with van der Waals surface area (Å²) in [6.45, 7) is 9.18. The quantitative estimate of drug-likeness (QED) is 0.830. The third kappa shape index (κ3) is 4.49. The van der Waals surface area contributed by atoms with Crippen molar-refractivity contribution in [1.82, 2.24) is 10.2 Å². The molecule has 0 spiro atoms. The van der Waals surface area contributed by atoms with E-state index in [2.05, 4.69) is 5.32 Å². The van der Waals surface area contributed by atoms with Crippen molar-refractivity contribution in [1.29, 1.82) is 0 Å². The number of carbonyl (C=O) groups excluding carboxylic acids is 2. The first-order valence-electron chi connectivity index (χ1n) is 9.39. The number of carbonyl (C=O) groups is 2. The van der Waals surface area contributed by atoms with Crippen LogP contribution < -0.4 is 10.1 Å². The van der Waals surface area contributed by atoms with Gasteiger partial charge in [-0.2, -0.15) is 0 Å². The molecule has 3 rings (SSSR count). The van der Waals surface area contributed by atoms with Crippen molar-refractivity contribution in [2.24, 2.45) is 0 Å². The molecule has 1 aromatic carbocycles. The van der Waals surface area contributed by atoms with E-state index in [1.807, 2.05) is 27.7 Å². The number of amides is 2. The van der Waals surface area contributed by atoms with Crippen molar-refractivity contribution in [3.05, 3.63) is 27.8 Å². The zero-order chi connectivity index (χ0) is 19.8. The van der Waals surface area contributed by atoms with Crippen molar-refractivity contribution in [3.63, 3.8) is 0 Å². The SMILES string of the molecule is Cc1cc(Cl)c(C(=O)NC2CCN(C(=O)OC(C)(C)C)CC2)c2c1OCC2. The second kappa shape index (κ2) is 7.58. The number of hydrogen-bond donors (Lipinski definition) is 1. The number of rotatable bonds is 2. The van der Waals surface area contributed by atoms with E-state index in [4.69, 9.17) is 21.1 Å². The van der Waals surface area contributed by atoms with Gasteiger partial charge in [-0.25, -0.2) is 4.79 Å². The summed E-state index contributed by atoms with van der Waals surface area (Å²) in [5.74, 6) is 0.613. The molecule has 2 amide bonds. The van der Waals surface area contributed by atoms with Gasteiger partial charge in [0.1, 0.15) is 11.4 Å². The number of piperidine rings is 1. The Morgan fingerprint density at radius 2 is 1.96 bits per heavy atom. The molecule has 2 aliphatic rings.